The lowest BCUT2D eigenvalue weighted by Gasteiger charge is -2.07. The summed E-state index contributed by atoms with van der Waals surface area (Å²) < 4.78 is 10.1. The Morgan fingerprint density at radius 1 is 1.75 bits per heavy atom. The number of carbonyl (C=O) groups is 1. The van der Waals surface area contributed by atoms with Crippen molar-refractivity contribution in [2.45, 2.75) is 18.9 Å². The molecule has 12 heavy (non-hydrogen) atoms. The zero-order valence-corrected chi connectivity index (χ0v) is 7.42. The fraction of sp³-hybridized carbons (Fsp3) is 0.625. The molecular weight excluding hydrogens is 180 g/mol. The smallest absolute Gasteiger partial charge is 0.331 e. The molecule has 0 amide bonds. The van der Waals surface area contributed by atoms with E-state index in [2.05, 4.69) is 0 Å². The quantitative estimate of drug-likeness (QED) is 0.499. The maximum atomic E-state index is 10.8. The topological polar surface area (TPSA) is 35.5 Å². The van der Waals surface area contributed by atoms with Crippen LogP contribution in [0.5, 0.6) is 0 Å². The van der Waals surface area contributed by atoms with Crippen LogP contribution in [0.4, 0.5) is 0 Å². The van der Waals surface area contributed by atoms with Gasteiger partial charge in [-0.15, -0.1) is 0 Å². The summed E-state index contributed by atoms with van der Waals surface area (Å²) in [6.45, 7) is 1.10. The van der Waals surface area contributed by atoms with E-state index < -0.39 is 5.97 Å². The van der Waals surface area contributed by atoms with Crippen molar-refractivity contribution in [3.63, 3.8) is 0 Å². The monoisotopic (exact) mass is 190 g/mol. The first-order valence-electron chi connectivity index (χ1n) is 3.88. The van der Waals surface area contributed by atoms with E-state index >= 15 is 0 Å². The van der Waals surface area contributed by atoms with Crippen molar-refractivity contribution in [2.24, 2.45) is 0 Å². The molecule has 0 radical (unpaired) electrons. The summed E-state index contributed by atoms with van der Waals surface area (Å²) >= 11 is 5.18. The van der Waals surface area contributed by atoms with Gasteiger partial charge in [-0.1, -0.05) is 11.6 Å². The molecule has 1 heterocycles. The Balaban J connectivity index is 2.11. The Morgan fingerprint density at radius 3 is 3.17 bits per heavy atom. The summed E-state index contributed by atoms with van der Waals surface area (Å²) in [5.74, 6) is -0.416. The second-order valence-electron chi connectivity index (χ2n) is 2.56. The van der Waals surface area contributed by atoms with Crippen molar-refractivity contribution in [3.8, 4) is 0 Å². The SMILES string of the molecule is O=C(C=CCl)OCC1CCCO1. The molecule has 1 aliphatic heterocycles. The molecule has 0 N–H and O–H groups in total. The van der Waals surface area contributed by atoms with Gasteiger partial charge in [-0.3, -0.25) is 0 Å². The van der Waals surface area contributed by atoms with Gasteiger partial charge >= 0.3 is 5.97 Å². The highest BCUT2D eigenvalue weighted by atomic mass is 35.5. The second kappa shape index (κ2) is 5.17. The van der Waals surface area contributed by atoms with Gasteiger partial charge in [0.1, 0.15) is 6.61 Å². The van der Waals surface area contributed by atoms with Gasteiger partial charge in [0.05, 0.1) is 6.10 Å². The van der Waals surface area contributed by atoms with E-state index in [1.165, 1.54) is 6.08 Å². The van der Waals surface area contributed by atoms with Crippen LogP contribution >= 0.6 is 11.6 Å². The van der Waals surface area contributed by atoms with Gasteiger partial charge < -0.3 is 9.47 Å². The van der Waals surface area contributed by atoms with Gasteiger partial charge in [-0.05, 0) is 12.8 Å². The van der Waals surface area contributed by atoms with Gasteiger partial charge in [0.15, 0.2) is 0 Å². The highest BCUT2D eigenvalue weighted by Gasteiger charge is 2.16. The molecule has 1 atom stereocenters. The van der Waals surface area contributed by atoms with Crippen LogP contribution in [0.1, 0.15) is 12.8 Å². The summed E-state index contributed by atoms with van der Waals surface area (Å²) in [6, 6.07) is 0. The number of halogens is 1. The average Bonchev–Trinajstić information content (AvgIpc) is 2.53. The second-order valence-corrected chi connectivity index (χ2v) is 2.81. The largest absolute Gasteiger partial charge is 0.460 e. The summed E-state index contributed by atoms with van der Waals surface area (Å²) in [6.07, 6.45) is 3.28. The number of hydrogen-bond donors (Lipinski definition) is 0. The van der Waals surface area contributed by atoms with Crippen molar-refractivity contribution in [1.82, 2.24) is 0 Å². The number of rotatable bonds is 3. The maximum absolute atomic E-state index is 10.8. The van der Waals surface area contributed by atoms with E-state index in [1.807, 2.05) is 0 Å². The molecule has 4 heteroatoms. The minimum absolute atomic E-state index is 0.0812. The van der Waals surface area contributed by atoms with Crippen molar-refractivity contribution < 1.29 is 14.3 Å². The van der Waals surface area contributed by atoms with E-state index in [0.29, 0.717) is 6.61 Å². The van der Waals surface area contributed by atoms with Gasteiger partial charge in [0, 0.05) is 18.2 Å². The van der Waals surface area contributed by atoms with Crippen LogP contribution in [0.3, 0.4) is 0 Å². The van der Waals surface area contributed by atoms with Crippen molar-refractivity contribution in [3.05, 3.63) is 11.6 Å². The molecule has 0 spiro atoms. The van der Waals surface area contributed by atoms with Crippen molar-refractivity contribution in [2.75, 3.05) is 13.2 Å². The molecule has 1 saturated heterocycles. The molecule has 3 nitrogen and oxygen atoms in total. The fourth-order valence-corrected chi connectivity index (χ4v) is 1.15. The molecule has 0 aliphatic carbocycles. The van der Waals surface area contributed by atoms with Crippen molar-refractivity contribution in [1.29, 1.82) is 0 Å². The molecule has 1 unspecified atom stereocenters. The van der Waals surface area contributed by atoms with Crippen LogP contribution in [-0.4, -0.2) is 25.3 Å². The lowest BCUT2D eigenvalue weighted by molar-refractivity contribution is -0.140. The Bertz CT molecular complexity index is 173. The zero-order chi connectivity index (χ0) is 8.81. The van der Waals surface area contributed by atoms with E-state index in [0.717, 1.165) is 25.0 Å². The molecule has 0 bridgehead atoms. The van der Waals surface area contributed by atoms with Crippen LogP contribution in [0.2, 0.25) is 0 Å². The van der Waals surface area contributed by atoms with E-state index in [9.17, 15) is 4.79 Å². The summed E-state index contributed by atoms with van der Waals surface area (Å²) in [5.41, 5.74) is 1.14. The third-order valence-corrected chi connectivity index (χ3v) is 1.76. The zero-order valence-electron chi connectivity index (χ0n) is 6.66. The van der Waals surface area contributed by atoms with Gasteiger partial charge in [-0.25, -0.2) is 4.79 Å². The van der Waals surface area contributed by atoms with Gasteiger partial charge in [0.2, 0.25) is 0 Å². The van der Waals surface area contributed by atoms with E-state index in [-0.39, 0.29) is 6.10 Å². The molecule has 0 aromatic heterocycles. The summed E-state index contributed by atoms with van der Waals surface area (Å²) in [7, 11) is 0. The molecule has 68 valence electrons. The Hall–Kier alpha value is -0.540. The van der Waals surface area contributed by atoms with Crippen LogP contribution in [0.15, 0.2) is 11.6 Å². The van der Waals surface area contributed by atoms with Crippen LogP contribution < -0.4 is 0 Å². The maximum Gasteiger partial charge on any atom is 0.331 e. The first-order chi connectivity index (χ1) is 5.83. The summed E-state index contributed by atoms with van der Waals surface area (Å²) in [4.78, 5) is 10.8. The van der Waals surface area contributed by atoms with E-state index in [4.69, 9.17) is 21.1 Å². The molecule has 1 aliphatic rings. The van der Waals surface area contributed by atoms with Crippen LogP contribution in [0.25, 0.3) is 0 Å². The predicted molar refractivity (Wildman–Crippen MR) is 44.9 cm³/mol. The first-order valence-corrected chi connectivity index (χ1v) is 4.31. The molecule has 0 saturated carbocycles. The van der Waals surface area contributed by atoms with E-state index in [1.54, 1.807) is 0 Å². The van der Waals surface area contributed by atoms with Crippen LogP contribution in [-0.2, 0) is 14.3 Å². The Morgan fingerprint density at radius 2 is 2.58 bits per heavy atom. The molecule has 0 aromatic rings. The predicted octanol–water partition coefficient (Wildman–Crippen LogP) is 1.46. The highest BCUT2D eigenvalue weighted by molar-refractivity contribution is 6.26. The minimum atomic E-state index is -0.416. The Kier molecular flexibility index (Phi) is 4.11. The number of carbonyl (C=O) groups excluding carboxylic acids is 1. The Labute approximate surface area is 76.3 Å². The number of hydrogen-bond acceptors (Lipinski definition) is 3. The number of esters is 1. The fourth-order valence-electron chi connectivity index (χ4n) is 1.05. The lowest BCUT2D eigenvalue weighted by atomic mass is 10.2. The third-order valence-electron chi connectivity index (χ3n) is 1.63. The standard InChI is InChI=1S/C8H11ClO3/c9-4-3-8(10)12-6-7-2-1-5-11-7/h3-4,7H,1-2,5-6H2. The molecular formula is C8H11ClO3. The molecule has 1 fully saturated rings. The molecule has 1 rings (SSSR count). The van der Waals surface area contributed by atoms with Gasteiger partial charge in [0.25, 0.3) is 0 Å². The first kappa shape index (κ1) is 9.55. The third kappa shape index (κ3) is 3.24. The van der Waals surface area contributed by atoms with Gasteiger partial charge in [-0.2, -0.15) is 0 Å². The van der Waals surface area contributed by atoms with Crippen LogP contribution in [0, 0.1) is 0 Å². The minimum Gasteiger partial charge on any atom is -0.460 e. The normalized spacial score (nSPS) is 23.2. The van der Waals surface area contributed by atoms with Crippen molar-refractivity contribution >= 4 is 17.6 Å². The number of ether oxygens (including phenoxy) is 2. The highest BCUT2D eigenvalue weighted by Crippen LogP contribution is 2.11. The summed E-state index contributed by atoms with van der Waals surface area (Å²) in [5, 5.41) is 0. The lowest BCUT2D eigenvalue weighted by Crippen LogP contribution is -2.16. The molecule has 0 aromatic carbocycles. The average molecular weight is 191 g/mol.